The topological polar surface area (TPSA) is 51.3 Å². The van der Waals surface area contributed by atoms with Crippen LogP contribution in [0.2, 0.25) is 0 Å². The Balaban J connectivity index is 2.24. The van der Waals surface area contributed by atoms with Gasteiger partial charge in [-0.15, -0.1) is 0 Å². The molecule has 0 aliphatic carbocycles. The number of nitrogens with zero attached hydrogens (tertiary/aromatic N) is 2. The van der Waals surface area contributed by atoms with E-state index in [2.05, 4.69) is 29.8 Å². The van der Waals surface area contributed by atoms with E-state index in [0.717, 1.165) is 23.1 Å². The maximum Gasteiger partial charge on any atom is 0.270 e. The Kier molecular flexibility index (Phi) is 3.58. The van der Waals surface area contributed by atoms with Crippen LogP contribution >= 0.6 is 15.9 Å². The summed E-state index contributed by atoms with van der Waals surface area (Å²) < 4.78 is 2.94. The second kappa shape index (κ2) is 4.82. The van der Waals surface area contributed by atoms with Gasteiger partial charge in [0.05, 0.1) is 0 Å². The number of rotatable bonds is 2. The van der Waals surface area contributed by atoms with Crippen molar-refractivity contribution in [1.29, 1.82) is 0 Å². The van der Waals surface area contributed by atoms with Crippen LogP contribution in [-0.4, -0.2) is 34.5 Å². The summed E-state index contributed by atoms with van der Waals surface area (Å²) in [6.45, 7) is 5.57. The van der Waals surface area contributed by atoms with Crippen molar-refractivity contribution in [3.63, 3.8) is 0 Å². The lowest BCUT2D eigenvalue weighted by Gasteiger charge is -2.18. The molecule has 1 aliphatic rings. The molecule has 1 fully saturated rings. The predicted octanol–water partition coefficient (Wildman–Crippen LogP) is 2.00. The third-order valence-electron chi connectivity index (χ3n) is 3.10. The van der Waals surface area contributed by atoms with Crippen LogP contribution in [0.1, 0.15) is 36.8 Å². The summed E-state index contributed by atoms with van der Waals surface area (Å²) in [5, 5.41) is 0. The van der Waals surface area contributed by atoms with Gasteiger partial charge in [0.2, 0.25) is 0 Å². The van der Waals surface area contributed by atoms with E-state index in [1.807, 2.05) is 21.7 Å². The summed E-state index contributed by atoms with van der Waals surface area (Å²) in [6.07, 6.45) is 2.85. The van der Waals surface area contributed by atoms with Crippen LogP contribution in [0, 0.1) is 0 Å². The van der Waals surface area contributed by atoms with E-state index in [-0.39, 0.29) is 18.0 Å². The first-order chi connectivity index (χ1) is 7.99. The Labute approximate surface area is 110 Å². The fraction of sp³-hybridized carbons (Fsp3) is 0.583. The summed E-state index contributed by atoms with van der Waals surface area (Å²) in [4.78, 5) is 14.2. The van der Waals surface area contributed by atoms with Crippen LogP contribution in [0.25, 0.3) is 0 Å². The second-order valence-electron chi connectivity index (χ2n) is 4.84. The highest BCUT2D eigenvalue weighted by Crippen LogP contribution is 2.22. The molecule has 1 saturated heterocycles. The molecule has 1 atom stereocenters. The lowest BCUT2D eigenvalue weighted by Crippen LogP contribution is -2.33. The Morgan fingerprint density at radius 2 is 2.29 bits per heavy atom. The number of likely N-dealkylation sites (tertiary alicyclic amines) is 1. The van der Waals surface area contributed by atoms with Crippen molar-refractivity contribution < 1.29 is 4.79 Å². The highest BCUT2D eigenvalue weighted by atomic mass is 79.9. The number of amides is 1. The SMILES string of the molecule is CC(C)n1cc(Br)cc1C(=O)N1CC[C@H](N)C1. The van der Waals surface area contributed by atoms with Gasteiger partial charge >= 0.3 is 0 Å². The average molecular weight is 300 g/mol. The summed E-state index contributed by atoms with van der Waals surface area (Å²) in [7, 11) is 0. The number of hydrogen-bond acceptors (Lipinski definition) is 2. The zero-order valence-electron chi connectivity index (χ0n) is 10.2. The molecule has 17 heavy (non-hydrogen) atoms. The average Bonchev–Trinajstić information content (AvgIpc) is 2.83. The van der Waals surface area contributed by atoms with Gasteiger partial charge in [0.25, 0.3) is 5.91 Å². The maximum atomic E-state index is 12.4. The zero-order chi connectivity index (χ0) is 12.6. The van der Waals surface area contributed by atoms with Crippen molar-refractivity contribution in [3.05, 3.63) is 22.4 Å². The third kappa shape index (κ3) is 2.55. The molecule has 2 heterocycles. The standard InChI is InChI=1S/C12H18BrN3O/c1-8(2)16-6-9(13)5-11(16)12(17)15-4-3-10(14)7-15/h5-6,8,10H,3-4,7,14H2,1-2H3/t10-/m0/s1. The largest absolute Gasteiger partial charge is 0.340 e. The molecule has 0 aromatic carbocycles. The highest BCUT2D eigenvalue weighted by molar-refractivity contribution is 9.10. The lowest BCUT2D eigenvalue weighted by molar-refractivity contribution is 0.0778. The van der Waals surface area contributed by atoms with Crippen LogP contribution in [0.5, 0.6) is 0 Å². The first-order valence-electron chi connectivity index (χ1n) is 5.91. The minimum Gasteiger partial charge on any atom is -0.340 e. The molecule has 0 radical (unpaired) electrons. The minimum atomic E-state index is 0.0809. The van der Waals surface area contributed by atoms with Crippen LogP contribution in [-0.2, 0) is 0 Å². The van der Waals surface area contributed by atoms with E-state index >= 15 is 0 Å². The molecule has 0 spiro atoms. The maximum absolute atomic E-state index is 12.4. The fourth-order valence-corrected chi connectivity index (χ4v) is 2.62. The van der Waals surface area contributed by atoms with Gasteiger partial charge in [-0.05, 0) is 42.3 Å². The summed E-state index contributed by atoms with van der Waals surface area (Å²) in [5.74, 6) is 0.0809. The number of carbonyl (C=O) groups excluding carboxylic acids is 1. The molecule has 1 aromatic heterocycles. The van der Waals surface area contributed by atoms with E-state index in [1.165, 1.54) is 0 Å². The molecular formula is C12H18BrN3O. The molecule has 0 saturated carbocycles. The van der Waals surface area contributed by atoms with Crippen molar-refractivity contribution in [1.82, 2.24) is 9.47 Å². The quantitative estimate of drug-likeness (QED) is 0.908. The summed E-state index contributed by atoms with van der Waals surface area (Å²) >= 11 is 3.42. The number of aromatic nitrogens is 1. The smallest absolute Gasteiger partial charge is 0.270 e. The van der Waals surface area contributed by atoms with Crippen LogP contribution < -0.4 is 5.73 Å². The minimum absolute atomic E-state index is 0.0809. The van der Waals surface area contributed by atoms with Gasteiger partial charge in [0, 0.05) is 35.8 Å². The fourth-order valence-electron chi connectivity index (χ4n) is 2.18. The first-order valence-corrected chi connectivity index (χ1v) is 6.70. The van der Waals surface area contributed by atoms with Crippen molar-refractivity contribution in [2.45, 2.75) is 32.4 Å². The van der Waals surface area contributed by atoms with Crippen LogP contribution in [0.3, 0.4) is 0 Å². The van der Waals surface area contributed by atoms with Crippen LogP contribution in [0.4, 0.5) is 0 Å². The Bertz CT molecular complexity index is 427. The number of hydrogen-bond donors (Lipinski definition) is 1. The van der Waals surface area contributed by atoms with Gasteiger partial charge < -0.3 is 15.2 Å². The summed E-state index contributed by atoms with van der Waals surface area (Å²) in [6, 6.07) is 2.29. The highest BCUT2D eigenvalue weighted by Gasteiger charge is 2.27. The number of halogens is 1. The van der Waals surface area contributed by atoms with Crippen LogP contribution in [0.15, 0.2) is 16.7 Å². The molecule has 4 nitrogen and oxygen atoms in total. The zero-order valence-corrected chi connectivity index (χ0v) is 11.8. The molecule has 2 N–H and O–H groups in total. The number of carbonyl (C=O) groups is 1. The van der Waals surface area contributed by atoms with Gasteiger partial charge in [-0.3, -0.25) is 4.79 Å². The molecule has 1 aromatic rings. The molecular weight excluding hydrogens is 282 g/mol. The summed E-state index contributed by atoms with van der Waals surface area (Å²) in [5.41, 5.74) is 6.57. The van der Waals surface area contributed by atoms with E-state index in [1.54, 1.807) is 0 Å². The van der Waals surface area contributed by atoms with Gasteiger partial charge in [-0.25, -0.2) is 0 Å². The molecule has 2 rings (SSSR count). The van der Waals surface area contributed by atoms with Crippen molar-refractivity contribution >= 4 is 21.8 Å². The van der Waals surface area contributed by atoms with E-state index in [0.29, 0.717) is 6.54 Å². The Morgan fingerprint density at radius 3 is 2.82 bits per heavy atom. The lowest BCUT2D eigenvalue weighted by atomic mass is 10.3. The van der Waals surface area contributed by atoms with Crippen molar-refractivity contribution in [2.75, 3.05) is 13.1 Å². The van der Waals surface area contributed by atoms with Crippen molar-refractivity contribution in [2.24, 2.45) is 5.73 Å². The van der Waals surface area contributed by atoms with E-state index < -0.39 is 0 Å². The Hall–Kier alpha value is -0.810. The Morgan fingerprint density at radius 1 is 1.59 bits per heavy atom. The first kappa shape index (κ1) is 12.6. The molecule has 0 bridgehead atoms. The normalized spacial score (nSPS) is 20.3. The predicted molar refractivity (Wildman–Crippen MR) is 71.0 cm³/mol. The van der Waals surface area contributed by atoms with Crippen molar-refractivity contribution in [3.8, 4) is 0 Å². The van der Waals surface area contributed by atoms with E-state index in [9.17, 15) is 4.79 Å². The van der Waals surface area contributed by atoms with E-state index in [4.69, 9.17) is 5.73 Å². The molecule has 1 aliphatic heterocycles. The molecule has 0 unspecified atom stereocenters. The second-order valence-corrected chi connectivity index (χ2v) is 5.76. The molecule has 94 valence electrons. The monoisotopic (exact) mass is 299 g/mol. The molecule has 1 amide bonds. The van der Waals surface area contributed by atoms with Gasteiger partial charge in [-0.2, -0.15) is 0 Å². The number of nitrogens with two attached hydrogens (primary N) is 1. The van der Waals surface area contributed by atoms with Gasteiger partial charge in [0.1, 0.15) is 5.69 Å². The van der Waals surface area contributed by atoms with Gasteiger partial charge in [0.15, 0.2) is 0 Å². The van der Waals surface area contributed by atoms with Gasteiger partial charge in [-0.1, -0.05) is 0 Å². The molecule has 5 heteroatoms. The third-order valence-corrected chi connectivity index (χ3v) is 3.54.